The molecule has 0 saturated heterocycles. The Kier molecular flexibility index (Phi) is 7.48. The third kappa shape index (κ3) is 5.05. The van der Waals surface area contributed by atoms with Gasteiger partial charge in [0.1, 0.15) is 17.4 Å². The number of nitrogens with zero attached hydrogens (tertiary/aromatic N) is 2. The summed E-state index contributed by atoms with van der Waals surface area (Å²) in [6.07, 6.45) is 1.53. The highest BCUT2D eigenvalue weighted by atomic mass is 35.5. The number of nitrogens with one attached hydrogen (secondary N) is 1. The van der Waals surface area contributed by atoms with Crippen LogP contribution in [0.1, 0.15) is 25.0 Å². The summed E-state index contributed by atoms with van der Waals surface area (Å²) in [5, 5.41) is 12.7. The van der Waals surface area contributed by atoms with Crippen LogP contribution in [0.4, 0.5) is 11.4 Å². The lowest BCUT2D eigenvalue weighted by Gasteiger charge is -2.22. The number of ether oxygens (including phenoxy) is 1. The van der Waals surface area contributed by atoms with E-state index >= 15 is 0 Å². The number of methoxy groups -OCH3 is 1. The number of aryl methyl sites for hydroxylation is 1. The topological polar surface area (TPSA) is 65.4 Å². The molecule has 28 heavy (non-hydrogen) atoms. The van der Waals surface area contributed by atoms with Gasteiger partial charge in [-0.15, -0.1) is 0 Å². The number of halogens is 1. The lowest BCUT2D eigenvalue weighted by atomic mass is 10.1. The van der Waals surface area contributed by atoms with Crippen molar-refractivity contribution in [2.24, 2.45) is 0 Å². The molecule has 0 atom stereocenters. The van der Waals surface area contributed by atoms with E-state index in [-0.39, 0.29) is 5.57 Å². The summed E-state index contributed by atoms with van der Waals surface area (Å²) in [6, 6.07) is 12.9. The Labute approximate surface area is 171 Å². The molecule has 2 aromatic rings. The predicted molar refractivity (Wildman–Crippen MR) is 115 cm³/mol. The number of anilines is 2. The molecule has 2 rings (SSSR count). The maximum absolute atomic E-state index is 12.6. The van der Waals surface area contributed by atoms with Gasteiger partial charge in [-0.2, -0.15) is 5.26 Å². The van der Waals surface area contributed by atoms with Crippen molar-refractivity contribution in [3.63, 3.8) is 0 Å². The number of benzene rings is 2. The van der Waals surface area contributed by atoms with E-state index in [9.17, 15) is 10.1 Å². The fraction of sp³-hybridized carbons (Fsp3) is 0.273. The normalized spacial score (nSPS) is 10.9. The molecule has 5 nitrogen and oxygen atoms in total. The number of carbonyl (C=O) groups excluding carboxylic acids is 1. The number of carbonyl (C=O) groups is 1. The van der Waals surface area contributed by atoms with Gasteiger partial charge in [-0.3, -0.25) is 4.79 Å². The quantitative estimate of drug-likeness (QED) is 0.524. The van der Waals surface area contributed by atoms with Crippen molar-refractivity contribution in [3.8, 4) is 11.8 Å². The molecule has 0 aliphatic carbocycles. The monoisotopic (exact) mass is 397 g/mol. The molecule has 0 heterocycles. The number of hydrogen-bond donors (Lipinski definition) is 1. The van der Waals surface area contributed by atoms with Crippen LogP contribution in [0, 0.1) is 18.3 Å². The minimum Gasteiger partial charge on any atom is -0.496 e. The van der Waals surface area contributed by atoms with E-state index in [0.29, 0.717) is 22.0 Å². The Morgan fingerprint density at radius 2 is 1.96 bits per heavy atom. The van der Waals surface area contributed by atoms with E-state index in [4.69, 9.17) is 16.3 Å². The Bertz CT molecular complexity index is 928. The van der Waals surface area contributed by atoms with Gasteiger partial charge in [-0.1, -0.05) is 17.7 Å². The van der Waals surface area contributed by atoms with Gasteiger partial charge in [-0.25, -0.2) is 0 Å². The predicted octanol–water partition coefficient (Wildman–Crippen LogP) is 5.05. The molecule has 0 unspecified atom stereocenters. The third-order valence-corrected chi connectivity index (χ3v) is 4.69. The average Bonchev–Trinajstić information content (AvgIpc) is 2.70. The van der Waals surface area contributed by atoms with Crippen LogP contribution in [0.15, 0.2) is 42.0 Å². The summed E-state index contributed by atoms with van der Waals surface area (Å²) in [5.41, 5.74) is 3.09. The Balaban J connectivity index is 2.34. The fourth-order valence-electron chi connectivity index (χ4n) is 2.83. The summed E-state index contributed by atoms with van der Waals surface area (Å²) in [6.45, 7) is 7.77. The van der Waals surface area contributed by atoms with E-state index in [1.807, 2.05) is 37.3 Å². The minimum absolute atomic E-state index is 0.0201. The lowest BCUT2D eigenvalue weighted by Crippen LogP contribution is -2.21. The lowest BCUT2D eigenvalue weighted by molar-refractivity contribution is -0.112. The van der Waals surface area contributed by atoms with Crippen molar-refractivity contribution in [1.82, 2.24) is 0 Å². The second-order valence-electron chi connectivity index (χ2n) is 6.18. The van der Waals surface area contributed by atoms with Gasteiger partial charge < -0.3 is 15.0 Å². The molecule has 1 amide bonds. The highest BCUT2D eigenvalue weighted by molar-refractivity contribution is 6.31. The molecule has 0 fully saturated rings. The second kappa shape index (κ2) is 9.82. The second-order valence-corrected chi connectivity index (χ2v) is 6.62. The fourth-order valence-corrected chi connectivity index (χ4v) is 3.00. The van der Waals surface area contributed by atoms with Gasteiger partial charge in [0.2, 0.25) is 0 Å². The van der Waals surface area contributed by atoms with Crippen molar-refractivity contribution in [2.45, 2.75) is 20.8 Å². The molecule has 146 valence electrons. The zero-order valence-corrected chi connectivity index (χ0v) is 17.3. The van der Waals surface area contributed by atoms with Gasteiger partial charge in [0.25, 0.3) is 5.91 Å². The van der Waals surface area contributed by atoms with Crippen LogP contribution in [-0.4, -0.2) is 26.1 Å². The van der Waals surface area contributed by atoms with Gasteiger partial charge in [0, 0.05) is 41.1 Å². The van der Waals surface area contributed by atoms with Crippen LogP contribution >= 0.6 is 11.6 Å². The molecule has 1 N–H and O–H groups in total. The first-order valence-electron chi connectivity index (χ1n) is 9.05. The molecule has 0 aromatic heterocycles. The molecule has 0 spiro atoms. The third-order valence-electron chi connectivity index (χ3n) is 4.46. The SMILES string of the molecule is CCN(CC)c1ccc(/C=C(\C#N)C(=O)Nc2cc(Cl)ccc2C)c(OC)c1. The average molecular weight is 398 g/mol. The van der Waals surface area contributed by atoms with E-state index in [1.54, 1.807) is 19.2 Å². The Morgan fingerprint density at radius 1 is 1.25 bits per heavy atom. The number of nitriles is 1. The molecular formula is C22H24ClN3O2. The van der Waals surface area contributed by atoms with E-state index in [1.165, 1.54) is 6.08 Å². The summed E-state index contributed by atoms with van der Waals surface area (Å²) in [7, 11) is 1.57. The first-order chi connectivity index (χ1) is 13.4. The van der Waals surface area contributed by atoms with E-state index in [0.717, 1.165) is 24.3 Å². The van der Waals surface area contributed by atoms with Crippen LogP contribution in [0.5, 0.6) is 5.75 Å². The molecule has 0 radical (unpaired) electrons. The largest absolute Gasteiger partial charge is 0.496 e. The van der Waals surface area contributed by atoms with E-state index < -0.39 is 5.91 Å². The molecule has 6 heteroatoms. The number of hydrogen-bond acceptors (Lipinski definition) is 4. The maximum atomic E-state index is 12.6. The number of amides is 1. The minimum atomic E-state index is -0.497. The molecule has 0 saturated carbocycles. The van der Waals surface area contributed by atoms with Gasteiger partial charge in [0.15, 0.2) is 0 Å². The standard InChI is InChI=1S/C22H24ClN3O2/c1-5-26(6-2)19-10-8-16(21(13-19)28-4)11-17(14-24)22(27)25-20-12-18(23)9-7-15(20)3/h7-13H,5-6H2,1-4H3,(H,25,27)/b17-11+. The Hall–Kier alpha value is -2.97. The van der Waals surface area contributed by atoms with Crippen molar-refractivity contribution in [3.05, 3.63) is 58.1 Å². The van der Waals surface area contributed by atoms with Gasteiger partial charge >= 0.3 is 0 Å². The Morgan fingerprint density at radius 3 is 2.57 bits per heavy atom. The molecular weight excluding hydrogens is 374 g/mol. The van der Waals surface area contributed by atoms with E-state index in [2.05, 4.69) is 24.1 Å². The summed E-state index contributed by atoms with van der Waals surface area (Å²) >= 11 is 6.00. The first kappa shape index (κ1) is 21.3. The van der Waals surface area contributed by atoms with Crippen LogP contribution in [0.2, 0.25) is 5.02 Å². The molecule has 0 aliphatic heterocycles. The van der Waals surface area contributed by atoms with Crippen LogP contribution in [-0.2, 0) is 4.79 Å². The summed E-state index contributed by atoms with van der Waals surface area (Å²) in [4.78, 5) is 14.8. The smallest absolute Gasteiger partial charge is 0.266 e. The van der Waals surface area contributed by atoms with Gasteiger partial charge in [0.05, 0.1) is 7.11 Å². The summed E-state index contributed by atoms with van der Waals surface area (Å²) in [5.74, 6) is 0.103. The van der Waals surface area contributed by atoms with Crippen molar-refractivity contribution < 1.29 is 9.53 Å². The molecule has 0 aliphatic rings. The van der Waals surface area contributed by atoms with Crippen molar-refractivity contribution in [2.75, 3.05) is 30.4 Å². The van der Waals surface area contributed by atoms with Gasteiger partial charge in [-0.05, 0) is 56.7 Å². The molecule has 2 aromatic carbocycles. The van der Waals surface area contributed by atoms with Crippen molar-refractivity contribution in [1.29, 1.82) is 5.26 Å². The van der Waals surface area contributed by atoms with Crippen molar-refractivity contribution >= 4 is 35.0 Å². The van der Waals surface area contributed by atoms with Crippen LogP contribution in [0.25, 0.3) is 6.08 Å². The maximum Gasteiger partial charge on any atom is 0.266 e. The zero-order chi connectivity index (χ0) is 20.7. The zero-order valence-electron chi connectivity index (χ0n) is 16.5. The van der Waals surface area contributed by atoms with Crippen LogP contribution in [0.3, 0.4) is 0 Å². The van der Waals surface area contributed by atoms with Crippen LogP contribution < -0.4 is 15.0 Å². The highest BCUT2D eigenvalue weighted by Crippen LogP contribution is 2.28. The highest BCUT2D eigenvalue weighted by Gasteiger charge is 2.14. The number of rotatable bonds is 7. The first-order valence-corrected chi connectivity index (χ1v) is 9.43. The molecule has 0 bridgehead atoms. The summed E-state index contributed by atoms with van der Waals surface area (Å²) < 4.78 is 5.47.